The van der Waals surface area contributed by atoms with Crippen LogP contribution in [-0.2, 0) is 6.42 Å². The van der Waals surface area contributed by atoms with Crippen LogP contribution in [0, 0.1) is 0 Å². The van der Waals surface area contributed by atoms with Crippen LogP contribution in [0.4, 0.5) is 11.4 Å². The smallest absolute Gasteiger partial charge is 0.151 e. The normalized spacial score (nSPS) is 10.7. The summed E-state index contributed by atoms with van der Waals surface area (Å²) in [5.41, 5.74) is 6.06. The van der Waals surface area contributed by atoms with Crippen LogP contribution in [0.2, 0.25) is 0 Å². The number of rotatable bonds is 5. The van der Waals surface area contributed by atoms with Crippen molar-refractivity contribution in [1.29, 1.82) is 0 Å². The molecule has 0 fully saturated rings. The topological polar surface area (TPSA) is 45.2 Å². The van der Waals surface area contributed by atoms with E-state index >= 15 is 0 Å². The van der Waals surface area contributed by atoms with Gasteiger partial charge in [-0.1, -0.05) is 31.2 Å². The molecule has 134 valence electrons. The van der Waals surface area contributed by atoms with E-state index in [9.17, 15) is 0 Å². The number of aryl methyl sites for hydroxylation is 1. The molecular weight excluding hydrogens is 322 g/mol. The Labute approximate surface area is 155 Å². The maximum absolute atomic E-state index is 4.77. The van der Waals surface area contributed by atoms with Gasteiger partial charge in [-0.15, -0.1) is 10.2 Å². The summed E-state index contributed by atoms with van der Waals surface area (Å²) in [6.07, 6.45) is 0.760. The molecule has 0 unspecified atom stereocenters. The molecule has 0 aliphatic carbocycles. The molecule has 0 radical (unpaired) electrons. The van der Waals surface area contributed by atoms with Crippen molar-refractivity contribution in [3.8, 4) is 22.5 Å². The van der Waals surface area contributed by atoms with Gasteiger partial charge >= 0.3 is 0 Å². The molecule has 3 aromatic rings. The molecule has 3 rings (SSSR count). The van der Waals surface area contributed by atoms with Crippen LogP contribution < -0.4 is 9.80 Å². The Morgan fingerprint density at radius 1 is 0.654 bits per heavy atom. The number of hydrogen-bond donors (Lipinski definition) is 0. The van der Waals surface area contributed by atoms with Crippen molar-refractivity contribution < 1.29 is 0 Å². The van der Waals surface area contributed by atoms with Crippen LogP contribution in [0.5, 0.6) is 0 Å². The molecule has 0 atom stereocenters. The molecule has 2 aromatic carbocycles. The van der Waals surface area contributed by atoms with Gasteiger partial charge in [-0.25, -0.2) is 4.98 Å². The molecule has 0 amide bonds. The molecular formula is C21H25N5. The van der Waals surface area contributed by atoms with Crippen molar-refractivity contribution in [2.24, 2.45) is 0 Å². The lowest BCUT2D eigenvalue weighted by atomic mass is 10.0. The van der Waals surface area contributed by atoms with Crippen LogP contribution >= 0.6 is 0 Å². The van der Waals surface area contributed by atoms with Gasteiger partial charge in [0.1, 0.15) is 11.4 Å². The Morgan fingerprint density at radius 3 is 1.54 bits per heavy atom. The fourth-order valence-electron chi connectivity index (χ4n) is 2.74. The van der Waals surface area contributed by atoms with Crippen LogP contribution in [-0.4, -0.2) is 43.4 Å². The highest BCUT2D eigenvalue weighted by atomic mass is 15.2. The number of nitrogens with zero attached hydrogens (tertiary/aromatic N) is 5. The third kappa shape index (κ3) is 3.67. The molecule has 0 aliphatic heterocycles. The number of benzene rings is 2. The molecule has 0 saturated heterocycles. The predicted molar refractivity (Wildman–Crippen MR) is 109 cm³/mol. The number of aromatic nitrogens is 3. The summed E-state index contributed by atoms with van der Waals surface area (Å²) in [5.74, 6) is 0.755. The standard InChI is InChI=1S/C21H25N5/c1-6-19-22-20(15-7-11-17(12-8-15)25(2)3)21(24-23-19)16-9-13-18(14-10-16)26(4)5/h7-14H,6H2,1-5H3. The Bertz CT molecular complexity index is 868. The van der Waals surface area contributed by atoms with Crippen molar-refractivity contribution in [2.45, 2.75) is 13.3 Å². The molecule has 0 spiro atoms. The van der Waals surface area contributed by atoms with Crippen LogP contribution in [0.3, 0.4) is 0 Å². The van der Waals surface area contributed by atoms with Gasteiger partial charge in [-0.05, 0) is 24.3 Å². The van der Waals surface area contributed by atoms with E-state index in [-0.39, 0.29) is 0 Å². The maximum atomic E-state index is 4.77. The summed E-state index contributed by atoms with van der Waals surface area (Å²) in [6.45, 7) is 2.04. The molecule has 0 saturated carbocycles. The van der Waals surface area contributed by atoms with Crippen molar-refractivity contribution >= 4 is 11.4 Å². The summed E-state index contributed by atoms with van der Waals surface area (Å²) in [4.78, 5) is 8.93. The van der Waals surface area contributed by atoms with Gasteiger partial charge in [-0.3, -0.25) is 0 Å². The van der Waals surface area contributed by atoms with E-state index in [1.165, 1.54) is 0 Å². The molecule has 0 N–H and O–H groups in total. The van der Waals surface area contributed by atoms with E-state index in [0.717, 1.165) is 46.1 Å². The van der Waals surface area contributed by atoms with Gasteiger partial charge in [0.25, 0.3) is 0 Å². The minimum Gasteiger partial charge on any atom is -0.378 e. The Kier molecular flexibility index (Phi) is 5.16. The summed E-state index contributed by atoms with van der Waals surface area (Å²) in [6, 6.07) is 16.7. The molecule has 26 heavy (non-hydrogen) atoms. The van der Waals surface area contributed by atoms with E-state index in [4.69, 9.17) is 4.98 Å². The number of anilines is 2. The second kappa shape index (κ2) is 7.52. The fraction of sp³-hybridized carbons (Fsp3) is 0.286. The fourth-order valence-corrected chi connectivity index (χ4v) is 2.74. The highest BCUT2D eigenvalue weighted by molar-refractivity contribution is 5.78. The third-order valence-corrected chi connectivity index (χ3v) is 4.36. The Hall–Kier alpha value is -2.95. The van der Waals surface area contributed by atoms with E-state index in [0.29, 0.717) is 0 Å². The second-order valence-electron chi connectivity index (χ2n) is 6.66. The second-order valence-corrected chi connectivity index (χ2v) is 6.66. The third-order valence-electron chi connectivity index (χ3n) is 4.36. The quantitative estimate of drug-likeness (QED) is 0.700. The van der Waals surface area contributed by atoms with Crippen molar-refractivity contribution in [1.82, 2.24) is 15.2 Å². The largest absolute Gasteiger partial charge is 0.378 e. The SMILES string of the molecule is CCc1nnc(-c2ccc(N(C)C)cc2)c(-c2ccc(N(C)C)cc2)n1. The van der Waals surface area contributed by atoms with Crippen molar-refractivity contribution in [2.75, 3.05) is 38.0 Å². The summed E-state index contributed by atoms with van der Waals surface area (Å²) in [5, 5.41) is 8.77. The van der Waals surface area contributed by atoms with E-state index in [1.54, 1.807) is 0 Å². The van der Waals surface area contributed by atoms with Gasteiger partial charge in [-0.2, -0.15) is 0 Å². The lowest BCUT2D eigenvalue weighted by molar-refractivity contribution is 0.857. The van der Waals surface area contributed by atoms with E-state index < -0.39 is 0 Å². The molecule has 5 heteroatoms. The van der Waals surface area contributed by atoms with E-state index in [2.05, 4.69) is 68.5 Å². The predicted octanol–water partition coefficient (Wildman–Crippen LogP) is 3.90. The molecule has 0 aliphatic rings. The summed E-state index contributed by atoms with van der Waals surface area (Å²) in [7, 11) is 8.14. The first kappa shape index (κ1) is 17.9. The van der Waals surface area contributed by atoms with Crippen LogP contribution in [0.15, 0.2) is 48.5 Å². The summed E-state index contributed by atoms with van der Waals surface area (Å²) >= 11 is 0. The molecule has 1 aromatic heterocycles. The zero-order valence-corrected chi connectivity index (χ0v) is 16.1. The average molecular weight is 347 g/mol. The highest BCUT2D eigenvalue weighted by Gasteiger charge is 2.13. The van der Waals surface area contributed by atoms with Gasteiger partial charge in [0.05, 0.1) is 0 Å². The van der Waals surface area contributed by atoms with Gasteiger partial charge in [0.15, 0.2) is 5.82 Å². The summed E-state index contributed by atoms with van der Waals surface area (Å²) < 4.78 is 0. The minimum atomic E-state index is 0.755. The van der Waals surface area contributed by atoms with Gasteiger partial charge in [0.2, 0.25) is 0 Å². The molecule has 0 bridgehead atoms. The van der Waals surface area contributed by atoms with Gasteiger partial charge < -0.3 is 9.80 Å². The first-order valence-corrected chi connectivity index (χ1v) is 8.78. The minimum absolute atomic E-state index is 0.755. The zero-order valence-electron chi connectivity index (χ0n) is 16.1. The lowest BCUT2D eigenvalue weighted by Gasteiger charge is -2.15. The average Bonchev–Trinajstić information content (AvgIpc) is 2.67. The number of hydrogen-bond acceptors (Lipinski definition) is 5. The van der Waals surface area contributed by atoms with Crippen molar-refractivity contribution in [3.05, 3.63) is 54.4 Å². The Morgan fingerprint density at radius 2 is 1.12 bits per heavy atom. The van der Waals surface area contributed by atoms with Crippen molar-refractivity contribution in [3.63, 3.8) is 0 Å². The molecule has 1 heterocycles. The molecule has 5 nitrogen and oxygen atoms in total. The van der Waals surface area contributed by atoms with Crippen LogP contribution in [0.25, 0.3) is 22.5 Å². The maximum Gasteiger partial charge on any atom is 0.151 e. The highest BCUT2D eigenvalue weighted by Crippen LogP contribution is 2.30. The van der Waals surface area contributed by atoms with E-state index in [1.807, 2.05) is 35.1 Å². The Balaban J connectivity index is 2.08. The first-order chi connectivity index (χ1) is 12.5. The zero-order chi connectivity index (χ0) is 18.7. The van der Waals surface area contributed by atoms with Crippen LogP contribution in [0.1, 0.15) is 12.7 Å². The van der Waals surface area contributed by atoms with Gasteiger partial charge in [0, 0.05) is 57.1 Å². The first-order valence-electron chi connectivity index (χ1n) is 8.78. The monoisotopic (exact) mass is 347 g/mol. The lowest BCUT2D eigenvalue weighted by Crippen LogP contribution is -2.08.